The van der Waals surface area contributed by atoms with Gasteiger partial charge in [0, 0.05) is 50.6 Å². The number of piperazine rings is 1. The van der Waals surface area contributed by atoms with Crippen molar-refractivity contribution < 1.29 is 9.59 Å². The average molecular weight is 433 g/mol. The Morgan fingerprint density at radius 3 is 1.41 bits per heavy atom. The largest absolute Gasteiger partial charge is 0.349 e. The quantitative estimate of drug-likeness (QED) is 0.654. The van der Waals surface area contributed by atoms with Crippen LogP contribution in [0.1, 0.15) is 24.0 Å². The Bertz CT molecular complexity index is 879. The van der Waals surface area contributed by atoms with Gasteiger partial charge in [0.1, 0.15) is 12.3 Å². The summed E-state index contributed by atoms with van der Waals surface area (Å²) in [6.45, 7) is 4.93. The lowest BCUT2D eigenvalue weighted by Crippen LogP contribution is -2.62. The van der Waals surface area contributed by atoms with Gasteiger partial charge in [0.05, 0.1) is 0 Å². The molecule has 1 saturated heterocycles. The summed E-state index contributed by atoms with van der Waals surface area (Å²) in [7, 11) is 0. The molecule has 2 atom stereocenters. The van der Waals surface area contributed by atoms with Gasteiger partial charge in [-0.05, 0) is 48.9 Å². The number of carbonyl (C=O) groups excluding carboxylic acids is 2. The van der Waals surface area contributed by atoms with E-state index >= 15 is 0 Å². The molecule has 0 spiro atoms. The molecule has 0 amide bonds. The molecule has 2 aromatic carbocycles. The van der Waals surface area contributed by atoms with Crippen molar-refractivity contribution in [2.75, 3.05) is 49.1 Å². The number of para-hydroxylation sites is 2. The topological polar surface area (TPSA) is 47.1 Å². The van der Waals surface area contributed by atoms with Crippen LogP contribution in [0.15, 0.2) is 48.5 Å². The molecule has 6 nitrogen and oxygen atoms in total. The fourth-order valence-electron chi connectivity index (χ4n) is 5.65. The maximum atomic E-state index is 12.2. The number of carbonyl (C=O) groups is 2. The Labute approximate surface area is 190 Å². The van der Waals surface area contributed by atoms with Gasteiger partial charge in [-0.1, -0.05) is 36.4 Å². The molecule has 0 saturated carbocycles. The summed E-state index contributed by atoms with van der Waals surface area (Å²) in [6, 6.07) is 16.9. The third-order valence-corrected chi connectivity index (χ3v) is 7.27. The SMILES string of the molecule is O=CC(N1CCN(C(C=O)N2CCCc3ccccc32)CC1)N1CCCc2ccccc21. The summed E-state index contributed by atoms with van der Waals surface area (Å²) in [5, 5.41) is 0. The molecule has 3 heterocycles. The van der Waals surface area contributed by atoms with Crippen molar-refractivity contribution in [1.82, 2.24) is 9.80 Å². The molecule has 1 fully saturated rings. The van der Waals surface area contributed by atoms with Gasteiger partial charge >= 0.3 is 0 Å². The van der Waals surface area contributed by atoms with E-state index in [1.165, 1.54) is 22.5 Å². The minimum Gasteiger partial charge on any atom is -0.349 e. The van der Waals surface area contributed by atoms with Gasteiger partial charge in [-0.15, -0.1) is 0 Å². The second-order valence-electron chi connectivity index (χ2n) is 9.02. The Kier molecular flexibility index (Phi) is 6.23. The molecule has 2 aromatic rings. The van der Waals surface area contributed by atoms with Gasteiger partial charge in [0.2, 0.25) is 0 Å². The van der Waals surface area contributed by atoms with Crippen molar-refractivity contribution in [1.29, 1.82) is 0 Å². The smallest absolute Gasteiger partial charge is 0.157 e. The highest BCUT2D eigenvalue weighted by atomic mass is 16.1. The number of anilines is 2. The number of aryl methyl sites for hydroxylation is 2. The van der Waals surface area contributed by atoms with E-state index in [2.05, 4.69) is 68.1 Å². The van der Waals surface area contributed by atoms with Crippen LogP contribution in [0.2, 0.25) is 0 Å². The molecule has 3 aliphatic heterocycles. The first-order chi connectivity index (χ1) is 15.8. The second kappa shape index (κ2) is 9.43. The van der Waals surface area contributed by atoms with E-state index in [9.17, 15) is 9.59 Å². The summed E-state index contributed by atoms with van der Waals surface area (Å²) < 4.78 is 0. The maximum absolute atomic E-state index is 12.2. The van der Waals surface area contributed by atoms with Crippen LogP contribution in [-0.4, -0.2) is 74.0 Å². The van der Waals surface area contributed by atoms with E-state index < -0.39 is 0 Å². The predicted molar refractivity (Wildman–Crippen MR) is 127 cm³/mol. The first kappa shape index (κ1) is 21.2. The first-order valence-electron chi connectivity index (χ1n) is 11.9. The molecular formula is C26H32N4O2. The molecule has 0 radical (unpaired) electrons. The van der Waals surface area contributed by atoms with Gasteiger partial charge in [0.15, 0.2) is 12.6 Å². The minimum absolute atomic E-state index is 0.246. The Balaban J connectivity index is 1.29. The van der Waals surface area contributed by atoms with Gasteiger partial charge in [-0.2, -0.15) is 0 Å². The summed E-state index contributed by atoms with van der Waals surface area (Å²) in [4.78, 5) is 33.5. The molecule has 3 aliphatic rings. The highest BCUT2D eigenvalue weighted by Crippen LogP contribution is 2.31. The highest BCUT2D eigenvalue weighted by molar-refractivity contribution is 5.69. The zero-order valence-electron chi connectivity index (χ0n) is 18.6. The Morgan fingerprint density at radius 2 is 1.00 bits per heavy atom. The molecule has 5 rings (SSSR count). The zero-order chi connectivity index (χ0) is 21.9. The van der Waals surface area contributed by atoms with Crippen LogP contribution in [0.5, 0.6) is 0 Å². The lowest BCUT2D eigenvalue weighted by Gasteiger charge is -2.47. The van der Waals surface area contributed by atoms with Crippen LogP contribution in [0.4, 0.5) is 11.4 Å². The van der Waals surface area contributed by atoms with E-state index in [1.54, 1.807) is 0 Å². The fourth-order valence-corrected chi connectivity index (χ4v) is 5.65. The third kappa shape index (κ3) is 3.93. The minimum atomic E-state index is -0.246. The van der Waals surface area contributed by atoms with Gasteiger partial charge < -0.3 is 9.80 Å². The average Bonchev–Trinajstić information content (AvgIpc) is 2.86. The molecule has 0 aromatic heterocycles. The van der Waals surface area contributed by atoms with Crippen molar-refractivity contribution in [2.24, 2.45) is 0 Å². The number of benzene rings is 2. The number of rotatable bonds is 6. The lowest BCUT2D eigenvalue weighted by atomic mass is 10.0. The monoisotopic (exact) mass is 432 g/mol. The first-order valence-corrected chi connectivity index (χ1v) is 11.9. The fraction of sp³-hybridized carbons (Fsp3) is 0.462. The molecule has 2 unspecified atom stereocenters. The number of hydrogen-bond acceptors (Lipinski definition) is 6. The molecule has 168 valence electrons. The van der Waals surface area contributed by atoms with Gasteiger partial charge in [0.25, 0.3) is 0 Å². The molecule has 0 N–H and O–H groups in total. The third-order valence-electron chi connectivity index (χ3n) is 7.27. The van der Waals surface area contributed by atoms with Gasteiger partial charge in [-0.25, -0.2) is 0 Å². The number of fused-ring (bicyclic) bond motifs is 2. The number of hydrogen-bond donors (Lipinski definition) is 0. The van der Waals surface area contributed by atoms with Crippen LogP contribution in [0.3, 0.4) is 0 Å². The van der Waals surface area contributed by atoms with Crippen molar-refractivity contribution in [3.05, 3.63) is 59.7 Å². The van der Waals surface area contributed by atoms with Crippen molar-refractivity contribution in [3.63, 3.8) is 0 Å². The molecule has 0 aliphatic carbocycles. The van der Waals surface area contributed by atoms with Crippen molar-refractivity contribution in [3.8, 4) is 0 Å². The molecule has 0 bridgehead atoms. The van der Waals surface area contributed by atoms with E-state index in [4.69, 9.17) is 0 Å². The van der Waals surface area contributed by atoms with Crippen LogP contribution < -0.4 is 9.80 Å². The molecule has 32 heavy (non-hydrogen) atoms. The maximum Gasteiger partial charge on any atom is 0.157 e. The number of nitrogens with zero attached hydrogens (tertiary/aromatic N) is 4. The van der Waals surface area contributed by atoms with Crippen LogP contribution in [0.25, 0.3) is 0 Å². The van der Waals surface area contributed by atoms with Crippen molar-refractivity contribution >= 4 is 23.9 Å². The summed E-state index contributed by atoms with van der Waals surface area (Å²) in [5.41, 5.74) is 5.03. The van der Waals surface area contributed by atoms with Crippen LogP contribution in [0, 0.1) is 0 Å². The van der Waals surface area contributed by atoms with E-state index in [1.807, 2.05) is 0 Å². The standard InChI is InChI=1S/C26H32N4O2/c31-19-25(29-13-5-9-21-7-1-3-11-23(21)29)27-15-17-28(18-16-27)26(20-32)30-14-6-10-22-8-2-4-12-24(22)30/h1-4,7-8,11-12,19-20,25-26H,5-6,9-10,13-18H2. The summed E-state index contributed by atoms with van der Waals surface area (Å²) in [6.07, 6.45) is 5.99. The van der Waals surface area contributed by atoms with Crippen LogP contribution in [-0.2, 0) is 22.4 Å². The molecular weight excluding hydrogens is 400 g/mol. The number of aldehydes is 2. The van der Waals surface area contributed by atoms with Gasteiger partial charge in [-0.3, -0.25) is 19.4 Å². The summed E-state index contributed by atoms with van der Waals surface area (Å²) >= 11 is 0. The van der Waals surface area contributed by atoms with E-state index in [-0.39, 0.29) is 12.3 Å². The Hall–Kier alpha value is -2.70. The van der Waals surface area contributed by atoms with E-state index in [0.717, 1.165) is 77.5 Å². The summed E-state index contributed by atoms with van der Waals surface area (Å²) in [5.74, 6) is 0. The zero-order valence-corrected chi connectivity index (χ0v) is 18.6. The van der Waals surface area contributed by atoms with Crippen LogP contribution >= 0.6 is 0 Å². The normalized spacial score (nSPS) is 21.4. The second-order valence-corrected chi connectivity index (χ2v) is 9.02. The Morgan fingerprint density at radius 1 is 0.594 bits per heavy atom. The highest BCUT2D eigenvalue weighted by Gasteiger charge is 2.34. The van der Waals surface area contributed by atoms with E-state index in [0.29, 0.717) is 0 Å². The lowest BCUT2D eigenvalue weighted by molar-refractivity contribution is -0.116. The van der Waals surface area contributed by atoms with Crippen molar-refractivity contribution in [2.45, 2.75) is 38.0 Å². The molecule has 6 heteroatoms. The predicted octanol–water partition coefficient (Wildman–Crippen LogP) is 2.56.